The van der Waals surface area contributed by atoms with Crippen molar-refractivity contribution < 1.29 is 23.5 Å². The van der Waals surface area contributed by atoms with Crippen LogP contribution in [0.3, 0.4) is 0 Å². The molecule has 3 amide bonds. The van der Waals surface area contributed by atoms with E-state index in [-0.39, 0.29) is 41.2 Å². The van der Waals surface area contributed by atoms with Gasteiger partial charge in [-0.25, -0.2) is 9.49 Å². The second-order valence-corrected chi connectivity index (χ2v) is 15.3. The molecule has 3 aromatic rings. The third-order valence-corrected chi connectivity index (χ3v) is 11.8. The summed E-state index contributed by atoms with van der Waals surface area (Å²) in [5.74, 6) is -0.545. The summed E-state index contributed by atoms with van der Waals surface area (Å²) in [6.45, 7) is 4.73. The number of aromatic nitrogens is 2. The number of amides is 3. The number of piperidine rings is 2. The third-order valence-electron chi connectivity index (χ3n) is 11.8. The summed E-state index contributed by atoms with van der Waals surface area (Å²) < 4.78 is 21.4. The van der Waals surface area contributed by atoms with Crippen LogP contribution in [-0.4, -0.2) is 125 Å². The number of piperazine rings is 1. The van der Waals surface area contributed by atoms with E-state index in [1.165, 1.54) is 25.3 Å². The number of carbonyl (C=O) groups excluding carboxylic acids is 3. The molecule has 0 spiro atoms. The number of halogens is 1. The van der Waals surface area contributed by atoms with Crippen LogP contribution >= 0.6 is 0 Å². The highest BCUT2D eigenvalue weighted by molar-refractivity contribution is 5.95. The molecule has 3 aliphatic heterocycles. The van der Waals surface area contributed by atoms with Crippen molar-refractivity contribution in [2.75, 3.05) is 58.9 Å². The molecular weight excluding hydrogens is 677 g/mol. The fourth-order valence-corrected chi connectivity index (χ4v) is 8.56. The van der Waals surface area contributed by atoms with Gasteiger partial charge in [-0.3, -0.25) is 24.1 Å². The van der Waals surface area contributed by atoms with Crippen LogP contribution in [0.25, 0.3) is 10.8 Å². The molecule has 1 saturated carbocycles. The zero-order valence-electron chi connectivity index (χ0n) is 30.5. The first-order valence-electron chi connectivity index (χ1n) is 19.5. The van der Waals surface area contributed by atoms with Crippen LogP contribution in [0.1, 0.15) is 79.4 Å². The smallest absolute Gasteiger partial charge is 0.272 e. The number of H-pyrrole nitrogens is 1. The minimum atomic E-state index is -0.598. The number of nitrogens with two attached hydrogens (primary N) is 1. The molecule has 4 heterocycles. The van der Waals surface area contributed by atoms with Crippen molar-refractivity contribution in [3.05, 3.63) is 75.5 Å². The van der Waals surface area contributed by atoms with Crippen LogP contribution < -0.4 is 11.3 Å². The molecule has 0 bridgehead atoms. The fourth-order valence-electron chi connectivity index (χ4n) is 8.56. The van der Waals surface area contributed by atoms with Crippen molar-refractivity contribution in [2.45, 2.75) is 82.5 Å². The Kier molecular flexibility index (Phi) is 11.8. The van der Waals surface area contributed by atoms with Gasteiger partial charge in [0.2, 0.25) is 11.8 Å². The molecule has 1 unspecified atom stereocenters. The summed E-state index contributed by atoms with van der Waals surface area (Å²) in [6.07, 6.45) is 9.73. The molecular formula is C40H52FN7O5. The van der Waals surface area contributed by atoms with E-state index in [1.54, 1.807) is 34.1 Å². The lowest BCUT2D eigenvalue weighted by atomic mass is 9.83. The third kappa shape index (κ3) is 8.79. The van der Waals surface area contributed by atoms with Gasteiger partial charge in [0.1, 0.15) is 5.82 Å². The second-order valence-electron chi connectivity index (χ2n) is 15.3. The van der Waals surface area contributed by atoms with Crippen LogP contribution in [0.2, 0.25) is 0 Å². The highest BCUT2D eigenvalue weighted by Gasteiger charge is 2.34. The molecule has 4 fully saturated rings. The summed E-state index contributed by atoms with van der Waals surface area (Å²) in [5.41, 5.74) is 7.44. The molecule has 3 saturated heterocycles. The summed E-state index contributed by atoms with van der Waals surface area (Å²) >= 11 is 0. The SMILES string of the molecule is NC(C(=O)N1CCC(OC2CCN(CC(=O)N3CCN(C(=O)c4cc(Cc5n[nH]c(=O)c6ccccc56)ccc4F)CC3)CC2)CC1)C1CCCCC1. The lowest BCUT2D eigenvalue weighted by Gasteiger charge is -2.39. The maximum Gasteiger partial charge on any atom is 0.272 e. The van der Waals surface area contributed by atoms with Gasteiger partial charge in [0.25, 0.3) is 11.5 Å². The van der Waals surface area contributed by atoms with Crippen LogP contribution in [-0.2, 0) is 20.7 Å². The average molecular weight is 730 g/mol. The minimum Gasteiger partial charge on any atom is -0.375 e. The zero-order chi connectivity index (χ0) is 36.9. The van der Waals surface area contributed by atoms with Crippen molar-refractivity contribution in [3.63, 3.8) is 0 Å². The van der Waals surface area contributed by atoms with Gasteiger partial charge in [-0.15, -0.1) is 0 Å². The molecule has 284 valence electrons. The number of carbonyl (C=O) groups is 3. The van der Waals surface area contributed by atoms with E-state index in [2.05, 4.69) is 15.1 Å². The second kappa shape index (κ2) is 16.9. The number of hydrogen-bond acceptors (Lipinski definition) is 8. The predicted molar refractivity (Wildman–Crippen MR) is 199 cm³/mol. The van der Waals surface area contributed by atoms with Gasteiger partial charge in [-0.05, 0) is 68.2 Å². The first-order chi connectivity index (χ1) is 25.7. The molecule has 1 aromatic heterocycles. The predicted octanol–water partition coefficient (Wildman–Crippen LogP) is 3.32. The Morgan fingerprint density at radius 3 is 2.15 bits per heavy atom. The van der Waals surface area contributed by atoms with E-state index in [0.717, 1.165) is 51.6 Å². The summed E-state index contributed by atoms with van der Waals surface area (Å²) in [5, 5.41) is 7.98. The fraction of sp³-hybridized carbons (Fsp3) is 0.575. The number of nitrogens with one attached hydrogen (secondary N) is 1. The standard InChI is InChI=1S/C40H52FN7O5/c41-34-11-10-27(25-35-31-8-4-5-9-32(31)38(50)44-43-35)24-33(34)39(51)48-22-20-46(21-23-48)36(49)26-45-16-12-29(13-17-45)53-30-14-18-47(19-15-30)40(52)37(42)28-6-2-1-3-7-28/h4-5,8-11,24,28-30,37H,1-3,6-7,12-23,25-26,42H2,(H,44,50). The first-order valence-corrected chi connectivity index (χ1v) is 19.5. The van der Waals surface area contributed by atoms with Crippen LogP contribution in [0.4, 0.5) is 4.39 Å². The molecule has 2 aromatic carbocycles. The number of aromatic amines is 1. The largest absolute Gasteiger partial charge is 0.375 e. The Morgan fingerprint density at radius 1 is 0.811 bits per heavy atom. The molecule has 12 nitrogen and oxygen atoms in total. The Balaban J connectivity index is 0.829. The quantitative estimate of drug-likeness (QED) is 0.342. The maximum atomic E-state index is 15.0. The topological polar surface area (TPSA) is 145 Å². The van der Waals surface area contributed by atoms with Gasteiger partial charge in [-0.2, -0.15) is 5.10 Å². The number of benzene rings is 2. The van der Waals surface area contributed by atoms with Gasteiger partial charge in [0.05, 0.1) is 41.4 Å². The average Bonchev–Trinajstić information content (AvgIpc) is 3.20. The van der Waals surface area contributed by atoms with Gasteiger partial charge in [0.15, 0.2) is 0 Å². The number of nitrogens with zero attached hydrogens (tertiary/aromatic N) is 5. The lowest BCUT2D eigenvalue weighted by Crippen LogP contribution is -2.53. The Hall–Kier alpha value is -4.20. The van der Waals surface area contributed by atoms with Crippen LogP contribution in [0, 0.1) is 11.7 Å². The van der Waals surface area contributed by atoms with E-state index >= 15 is 0 Å². The summed E-state index contributed by atoms with van der Waals surface area (Å²) in [6, 6.07) is 11.3. The Labute approximate surface area is 309 Å². The van der Waals surface area contributed by atoms with Crippen molar-refractivity contribution in [3.8, 4) is 0 Å². The minimum absolute atomic E-state index is 0.0148. The first kappa shape index (κ1) is 37.1. The van der Waals surface area contributed by atoms with E-state index in [4.69, 9.17) is 10.5 Å². The van der Waals surface area contributed by atoms with Crippen molar-refractivity contribution in [1.29, 1.82) is 0 Å². The van der Waals surface area contributed by atoms with E-state index in [9.17, 15) is 23.6 Å². The Morgan fingerprint density at radius 2 is 1.45 bits per heavy atom. The number of ether oxygens (including phenoxy) is 1. The molecule has 3 N–H and O–H groups in total. The molecule has 13 heteroatoms. The van der Waals surface area contributed by atoms with Gasteiger partial charge < -0.3 is 25.2 Å². The zero-order valence-corrected chi connectivity index (χ0v) is 30.5. The molecule has 4 aliphatic rings. The summed E-state index contributed by atoms with van der Waals surface area (Å²) in [7, 11) is 0. The molecule has 7 rings (SSSR count). The van der Waals surface area contributed by atoms with Gasteiger partial charge >= 0.3 is 0 Å². The van der Waals surface area contributed by atoms with Gasteiger partial charge in [0, 0.05) is 64.2 Å². The highest BCUT2D eigenvalue weighted by atomic mass is 19.1. The number of rotatable bonds is 9. The van der Waals surface area contributed by atoms with E-state index in [0.29, 0.717) is 80.2 Å². The van der Waals surface area contributed by atoms with Crippen LogP contribution in [0.15, 0.2) is 47.3 Å². The molecule has 1 atom stereocenters. The van der Waals surface area contributed by atoms with Crippen LogP contribution in [0.5, 0.6) is 0 Å². The van der Waals surface area contributed by atoms with Crippen molar-refractivity contribution in [2.24, 2.45) is 11.7 Å². The molecule has 53 heavy (non-hydrogen) atoms. The van der Waals surface area contributed by atoms with E-state index < -0.39 is 11.7 Å². The maximum absolute atomic E-state index is 15.0. The number of fused-ring (bicyclic) bond motifs is 1. The molecule has 0 radical (unpaired) electrons. The lowest BCUT2D eigenvalue weighted by molar-refractivity contribution is -0.139. The summed E-state index contributed by atoms with van der Waals surface area (Å²) in [4.78, 5) is 59.5. The monoisotopic (exact) mass is 729 g/mol. The van der Waals surface area contributed by atoms with Crippen molar-refractivity contribution >= 4 is 28.5 Å². The number of likely N-dealkylation sites (tertiary alicyclic amines) is 2. The van der Waals surface area contributed by atoms with Crippen molar-refractivity contribution in [1.82, 2.24) is 29.8 Å². The Bertz CT molecular complexity index is 1820. The number of hydrogen-bond donors (Lipinski definition) is 2. The van der Waals surface area contributed by atoms with Gasteiger partial charge in [-0.1, -0.05) is 43.5 Å². The normalized spacial score (nSPS) is 20.5. The van der Waals surface area contributed by atoms with E-state index in [1.807, 2.05) is 17.0 Å². The molecule has 1 aliphatic carbocycles. The highest BCUT2D eigenvalue weighted by Crippen LogP contribution is 2.28.